The lowest BCUT2D eigenvalue weighted by molar-refractivity contribution is 0.139. The Morgan fingerprint density at radius 2 is 1.78 bits per heavy atom. The minimum Gasteiger partial charge on any atom is -0.489 e. The molecule has 152 valence electrons. The molecule has 0 heterocycles. The van der Waals surface area contributed by atoms with Crippen molar-refractivity contribution in [3.63, 3.8) is 0 Å². The van der Waals surface area contributed by atoms with E-state index >= 15 is 0 Å². The van der Waals surface area contributed by atoms with Gasteiger partial charge in [0.25, 0.3) is 0 Å². The molecule has 0 bridgehead atoms. The Balaban J connectivity index is 2.24. The first-order valence-corrected chi connectivity index (χ1v) is 10.3. The maximum Gasteiger partial charge on any atom is 0.173 e. The summed E-state index contributed by atoms with van der Waals surface area (Å²) < 4.78 is 25.4. The van der Waals surface area contributed by atoms with Crippen LogP contribution in [-0.2, 0) is 4.84 Å². The maximum absolute atomic E-state index is 14.1. The first-order chi connectivity index (χ1) is 12.9. The van der Waals surface area contributed by atoms with Crippen LogP contribution in [0.25, 0.3) is 0 Å². The predicted molar refractivity (Wildman–Crippen MR) is 113 cm³/mol. The average molecular weight is 485 g/mol. The highest BCUT2D eigenvalue weighted by atomic mass is 79.9. The summed E-state index contributed by atoms with van der Waals surface area (Å²) in [5, 5.41) is 4.06. The molecule has 0 spiro atoms. The van der Waals surface area contributed by atoms with Crippen molar-refractivity contribution in [3.05, 3.63) is 33.0 Å². The Hall–Kier alpha value is -0.980. The fourth-order valence-electron chi connectivity index (χ4n) is 2.11. The molecule has 8 heteroatoms. The number of hydrogen-bond acceptors (Lipinski definition) is 4. The molecule has 0 aromatic heterocycles. The highest BCUT2D eigenvalue weighted by Gasteiger charge is 2.12. The summed E-state index contributed by atoms with van der Waals surface area (Å²) in [5.74, 6) is -0.175. The van der Waals surface area contributed by atoms with Crippen molar-refractivity contribution >= 4 is 44.8 Å². The third-order valence-electron chi connectivity index (χ3n) is 3.33. The van der Waals surface area contributed by atoms with Gasteiger partial charge in [-0.05, 0) is 55.1 Å². The zero-order valence-electron chi connectivity index (χ0n) is 15.6. The number of halogens is 4. The zero-order valence-corrected chi connectivity index (χ0v) is 18.7. The molecular weight excluding hydrogens is 460 g/mol. The van der Waals surface area contributed by atoms with Crippen molar-refractivity contribution < 1.29 is 18.7 Å². The largest absolute Gasteiger partial charge is 0.489 e. The average Bonchev–Trinajstić information content (AvgIpc) is 2.58. The number of unbranched alkanes of at least 4 members (excludes halogenated alkanes) is 4. The number of hydrogen-bond donors (Lipinski definition) is 0. The summed E-state index contributed by atoms with van der Waals surface area (Å²) in [6.07, 6.45) is 6.52. The van der Waals surface area contributed by atoms with Crippen LogP contribution < -0.4 is 9.47 Å². The standard InChI is InChI=1S/C19H25BrCl2FNO3/c1-14(2)24-27-10-7-5-3-4-6-9-26-19-16(21)12-15(13-17(19)23)25-11-8-18(20)22/h8,12-13H,3-7,9-11H2,1-2H3/b18-8-. The van der Waals surface area contributed by atoms with Crippen molar-refractivity contribution in [3.8, 4) is 11.5 Å². The Bertz CT molecular complexity index is 610. The van der Waals surface area contributed by atoms with Gasteiger partial charge in [-0.1, -0.05) is 41.2 Å². The molecule has 1 aromatic carbocycles. The molecule has 0 amide bonds. The molecule has 0 atom stereocenters. The van der Waals surface area contributed by atoms with Crippen LogP contribution in [0.1, 0.15) is 46.0 Å². The van der Waals surface area contributed by atoms with E-state index in [2.05, 4.69) is 21.1 Å². The second-order valence-corrected chi connectivity index (χ2v) is 8.13. The normalized spacial score (nSPS) is 11.3. The number of oxime groups is 1. The van der Waals surface area contributed by atoms with Crippen LogP contribution >= 0.6 is 39.1 Å². The lowest BCUT2D eigenvalue weighted by Gasteiger charge is -2.11. The number of rotatable bonds is 13. The molecule has 27 heavy (non-hydrogen) atoms. The van der Waals surface area contributed by atoms with Crippen LogP contribution in [0.2, 0.25) is 5.02 Å². The minimum absolute atomic E-state index is 0.0549. The minimum atomic E-state index is -0.546. The van der Waals surface area contributed by atoms with Gasteiger partial charge in [0.2, 0.25) is 0 Å². The van der Waals surface area contributed by atoms with Crippen molar-refractivity contribution in [2.45, 2.75) is 46.0 Å². The van der Waals surface area contributed by atoms with Crippen molar-refractivity contribution in [2.24, 2.45) is 5.16 Å². The molecule has 0 radical (unpaired) electrons. The molecule has 0 saturated carbocycles. The number of benzene rings is 1. The molecule has 1 aromatic rings. The summed E-state index contributed by atoms with van der Waals surface area (Å²) in [4.78, 5) is 5.14. The van der Waals surface area contributed by atoms with Gasteiger partial charge < -0.3 is 14.3 Å². The fourth-order valence-corrected chi connectivity index (χ4v) is 2.55. The van der Waals surface area contributed by atoms with E-state index < -0.39 is 5.82 Å². The molecule has 0 N–H and O–H groups in total. The van der Waals surface area contributed by atoms with Gasteiger partial charge in [0.1, 0.15) is 19.0 Å². The van der Waals surface area contributed by atoms with Crippen LogP contribution in [0, 0.1) is 5.82 Å². The van der Waals surface area contributed by atoms with E-state index in [9.17, 15) is 4.39 Å². The van der Waals surface area contributed by atoms with E-state index in [1.165, 1.54) is 12.1 Å². The third-order valence-corrected chi connectivity index (χ3v) is 4.09. The van der Waals surface area contributed by atoms with Crippen LogP contribution in [0.3, 0.4) is 0 Å². The zero-order chi connectivity index (χ0) is 20.1. The number of nitrogens with zero attached hydrogens (tertiary/aromatic N) is 1. The third kappa shape index (κ3) is 11.5. The van der Waals surface area contributed by atoms with Gasteiger partial charge in [-0.25, -0.2) is 4.39 Å². The first-order valence-electron chi connectivity index (χ1n) is 8.79. The molecular formula is C19H25BrCl2FNO3. The van der Waals surface area contributed by atoms with Crippen molar-refractivity contribution in [1.82, 2.24) is 0 Å². The summed E-state index contributed by atoms with van der Waals surface area (Å²) in [5.41, 5.74) is 0.915. The Kier molecular flexibility index (Phi) is 12.5. The molecule has 0 fully saturated rings. The van der Waals surface area contributed by atoms with E-state index in [0.717, 1.165) is 37.8 Å². The Morgan fingerprint density at radius 1 is 1.11 bits per heavy atom. The molecule has 0 unspecified atom stereocenters. The quantitative estimate of drug-likeness (QED) is 0.170. The van der Waals surface area contributed by atoms with E-state index in [1.807, 2.05) is 13.8 Å². The van der Waals surface area contributed by atoms with Gasteiger partial charge in [-0.3, -0.25) is 0 Å². The van der Waals surface area contributed by atoms with Crippen LogP contribution in [-0.4, -0.2) is 25.5 Å². The monoisotopic (exact) mass is 483 g/mol. The molecule has 4 nitrogen and oxygen atoms in total. The Labute approximate surface area is 178 Å². The topological polar surface area (TPSA) is 40.0 Å². The van der Waals surface area contributed by atoms with Crippen LogP contribution in [0.4, 0.5) is 4.39 Å². The van der Waals surface area contributed by atoms with Gasteiger partial charge in [0, 0.05) is 12.1 Å². The number of ether oxygens (including phenoxy) is 2. The van der Waals surface area contributed by atoms with E-state index in [1.54, 1.807) is 6.08 Å². The highest BCUT2D eigenvalue weighted by molar-refractivity contribution is 9.12. The van der Waals surface area contributed by atoms with Crippen molar-refractivity contribution in [2.75, 3.05) is 19.8 Å². The lowest BCUT2D eigenvalue weighted by Crippen LogP contribution is -2.01. The molecule has 0 aliphatic rings. The van der Waals surface area contributed by atoms with Crippen molar-refractivity contribution in [1.29, 1.82) is 0 Å². The Morgan fingerprint density at radius 3 is 2.41 bits per heavy atom. The summed E-state index contributed by atoms with van der Waals surface area (Å²) >= 11 is 14.8. The summed E-state index contributed by atoms with van der Waals surface area (Å²) in [6.45, 7) is 5.04. The van der Waals surface area contributed by atoms with Crippen LogP contribution in [0.5, 0.6) is 11.5 Å². The van der Waals surface area contributed by atoms with Crippen LogP contribution in [0.15, 0.2) is 27.3 Å². The van der Waals surface area contributed by atoms with Gasteiger partial charge in [-0.15, -0.1) is 0 Å². The molecule has 0 aliphatic heterocycles. The maximum atomic E-state index is 14.1. The second-order valence-electron chi connectivity index (χ2n) is 6.01. The van der Waals surface area contributed by atoms with Gasteiger partial charge >= 0.3 is 0 Å². The molecule has 0 saturated heterocycles. The first kappa shape index (κ1) is 24.1. The predicted octanol–water partition coefficient (Wildman–Crippen LogP) is 7.07. The molecule has 1 rings (SSSR count). The van der Waals surface area contributed by atoms with Gasteiger partial charge in [0.15, 0.2) is 11.6 Å². The second kappa shape index (κ2) is 14.1. The summed E-state index contributed by atoms with van der Waals surface area (Å²) in [6, 6.07) is 2.77. The summed E-state index contributed by atoms with van der Waals surface area (Å²) in [7, 11) is 0. The fraction of sp³-hybridized carbons (Fsp3) is 0.526. The lowest BCUT2D eigenvalue weighted by atomic mass is 10.1. The van der Waals surface area contributed by atoms with Gasteiger partial charge in [-0.2, -0.15) is 0 Å². The van der Waals surface area contributed by atoms with E-state index in [-0.39, 0.29) is 17.4 Å². The van der Waals surface area contributed by atoms with E-state index in [0.29, 0.717) is 22.9 Å². The van der Waals surface area contributed by atoms with E-state index in [4.69, 9.17) is 37.5 Å². The van der Waals surface area contributed by atoms with Gasteiger partial charge in [0.05, 0.1) is 21.3 Å². The molecule has 0 aliphatic carbocycles. The highest BCUT2D eigenvalue weighted by Crippen LogP contribution is 2.32. The SMILES string of the molecule is CC(C)=NOCCCCCCCOc1c(F)cc(OC/C=C(\Cl)Br)cc1Cl. The smallest absolute Gasteiger partial charge is 0.173 e.